The summed E-state index contributed by atoms with van der Waals surface area (Å²) in [6.07, 6.45) is 2.30. The minimum atomic E-state index is 0.721. The Kier molecular flexibility index (Phi) is 4.22. The summed E-state index contributed by atoms with van der Waals surface area (Å²) >= 11 is 0. The van der Waals surface area contributed by atoms with Crippen molar-refractivity contribution in [2.24, 2.45) is 5.92 Å². The molecular weight excluding hydrogens is 224 g/mol. The molecule has 0 amide bonds. The first-order chi connectivity index (χ1) is 8.70. The SMILES string of the molecule is Cc1cc(C#N)ccc1N(C)CC1CCOCC1. The van der Waals surface area contributed by atoms with Crippen LogP contribution in [0.2, 0.25) is 0 Å². The van der Waals surface area contributed by atoms with Gasteiger partial charge in [-0.05, 0) is 49.4 Å². The van der Waals surface area contributed by atoms with Crippen LogP contribution in [0, 0.1) is 24.2 Å². The van der Waals surface area contributed by atoms with E-state index >= 15 is 0 Å². The van der Waals surface area contributed by atoms with Gasteiger partial charge in [-0.25, -0.2) is 0 Å². The Labute approximate surface area is 109 Å². The van der Waals surface area contributed by atoms with Gasteiger partial charge in [0, 0.05) is 32.5 Å². The average Bonchev–Trinajstić information content (AvgIpc) is 2.39. The normalized spacial score (nSPS) is 16.3. The van der Waals surface area contributed by atoms with Crippen LogP contribution in [-0.2, 0) is 4.74 Å². The molecule has 0 aromatic heterocycles. The topological polar surface area (TPSA) is 36.3 Å². The maximum Gasteiger partial charge on any atom is 0.0991 e. The van der Waals surface area contributed by atoms with Gasteiger partial charge in [-0.15, -0.1) is 0 Å². The summed E-state index contributed by atoms with van der Waals surface area (Å²) in [6, 6.07) is 8.07. The molecule has 1 aromatic rings. The molecule has 3 heteroatoms. The molecule has 0 spiro atoms. The molecule has 0 atom stereocenters. The van der Waals surface area contributed by atoms with Gasteiger partial charge in [-0.2, -0.15) is 5.26 Å². The highest BCUT2D eigenvalue weighted by Crippen LogP contribution is 2.23. The summed E-state index contributed by atoms with van der Waals surface area (Å²) in [6.45, 7) is 4.92. The highest BCUT2D eigenvalue weighted by atomic mass is 16.5. The van der Waals surface area contributed by atoms with E-state index in [9.17, 15) is 0 Å². The minimum absolute atomic E-state index is 0.721. The van der Waals surface area contributed by atoms with Crippen LogP contribution in [0.3, 0.4) is 0 Å². The Bertz CT molecular complexity index is 444. The first kappa shape index (κ1) is 12.9. The van der Waals surface area contributed by atoms with E-state index in [0.29, 0.717) is 0 Å². The van der Waals surface area contributed by atoms with Crippen LogP contribution in [0.15, 0.2) is 18.2 Å². The first-order valence-corrected chi connectivity index (χ1v) is 6.50. The molecule has 0 saturated carbocycles. The molecule has 1 saturated heterocycles. The molecule has 18 heavy (non-hydrogen) atoms. The van der Waals surface area contributed by atoms with E-state index in [-0.39, 0.29) is 0 Å². The number of hydrogen-bond acceptors (Lipinski definition) is 3. The van der Waals surface area contributed by atoms with Crippen molar-refractivity contribution >= 4 is 5.69 Å². The van der Waals surface area contributed by atoms with Gasteiger partial charge in [-0.1, -0.05) is 0 Å². The maximum absolute atomic E-state index is 8.88. The summed E-state index contributed by atoms with van der Waals surface area (Å²) in [4.78, 5) is 2.30. The van der Waals surface area contributed by atoms with Gasteiger partial charge in [0.1, 0.15) is 0 Å². The lowest BCUT2D eigenvalue weighted by atomic mass is 9.99. The van der Waals surface area contributed by atoms with Gasteiger partial charge in [0.05, 0.1) is 11.6 Å². The third kappa shape index (κ3) is 3.02. The molecule has 0 aliphatic carbocycles. The van der Waals surface area contributed by atoms with Crippen molar-refractivity contribution < 1.29 is 4.74 Å². The molecule has 1 aromatic carbocycles. The number of hydrogen-bond donors (Lipinski definition) is 0. The number of ether oxygens (including phenoxy) is 1. The van der Waals surface area contributed by atoms with Crippen molar-refractivity contribution in [1.29, 1.82) is 5.26 Å². The zero-order chi connectivity index (χ0) is 13.0. The highest BCUT2D eigenvalue weighted by molar-refractivity contribution is 5.55. The van der Waals surface area contributed by atoms with E-state index < -0.39 is 0 Å². The Morgan fingerprint density at radius 3 is 2.72 bits per heavy atom. The Balaban J connectivity index is 2.04. The second-order valence-corrected chi connectivity index (χ2v) is 5.05. The molecule has 0 bridgehead atoms. The van der Waals surface area contributed by atoms with Crippen molar-refractivity contribution in [2.75, 3.05) is 31.7 Å². The molecular formula is C15H20N2O. The van der Waals surface area contributed by atoms with Gasteiger partial charge in [0.2, 0.25) is 0 Å². The summed E-state index contributed by atoms with van der Waals surface area (Å²) in [7, 11) is 2.13. The van der Waals surface area contributed by atoms with Crippen molar-refractivity contribution in [3.8, 4) is 6.07 Å². The van der Waals surface area contributed by atoms with Crippen LogP contribution in [-0.4, -0.2) is 26.8 Å². The van der Waals surface area contributed by atoms with Gasteiger partial charge in [0.25, 0.3) is 0 Å². The first-order valence-electron chi connectivity index (χ1n) is 6.50. The maximum atomic E-state index is 8.88. The van der Waals surface area contributed by atoms with Crippen LogP contribution in [0.4, 0.5) is 5.69 Å². The van der Waals surface area contributed by atoms with Gasteiger partial charge < -0.3 is 9.64 Å². The molecule has 2 rings (SSSR count). The van der Waals surface area contributed by atoms with Crippen molar-refractivity contribution in [1.82, 2.24) is 0 Å². The number of aryl methyl sites for hydroxylation is 1. The Morgan fingerprint density at radius 1 is 1.39 bits per heavy atom. The van der Waals surface area contributed by atoms with Gasteiger partial charge in [-0.3, -0.25) is 0 Å². The molecule has 0 unspecified atom stereocenters. The van der Waals surface area contributed by atoms with Gasteiger partial charge >= 0.3 is 0 Å². The molecule has 96 valence electrons. The van der Waals surface area contributed by atoms with Crippen LogP contribution < -0.4 is 4.90 Å². The zero-order valence-corrected chi connectivity index (χ0v) is 11.1. The van der Waals surface area contributed by atoms with E-state index in [1.54, 1.807) is 0 Å². The third-order valence-corrected chi connectivity index (χ3v) is 3.61. The second kappa shape index (κ2) is 5.88. The number of nitrogens with zero attached hydrogens (tertiary/aromatic N) is 2. The molecule has 3 nitrogen and oxygen atoms in total. The fraction of sp³-hybridized carbons (Fsp3) is 0.533. The lowest BCUT2D eigenvalue weighted by molar-refractivity contribution is 0.0685. The third-order valence-electron chi connectivity index (χ3n) is 3.61. The van der Waals surface area contributed by atoms with Crippen LogP contribution in [0.25, 0.3) is 0 Å². The molecule has 1 aliphatic rings. The molecule has 0 radical (unpaired) electrons. The van der Waals surface area contributed by atoms with Crippen LogP contribution in [0.1, 0.15) is 24.0 Å². The lowest BCUT2D eigenvalue weighted by Crippen LogP contribution is -2.29. The lowest BCUT2D eigenvalue weighted by Gasteiger charge is -2.29. The van der Waals surface area contributed by atoms with Crippen molar-refractivity contribution in [3.05, 3.63) is 29.3 Å². The predicted octanol–water partition coefficient (Wildman–Crippen LogP) is 2.73. The smallest absolute Gasteiger partial charge is 0.0991 e. The molecule has 0 N–H and O–H groups in total. The number of benzene rings is 1. The summed E-state index contributed by atoms with van der Waals surface area (Å²) in [5, 5.41) is 8.88. The monoisotopic (exact) mass is 244 g/mol. The molecule has 1 heterocycles. The molecule has 1 fully saturated rings. The van der Waals surface area contributed by atoms with E-state index in [1.165, 1.54) is 11.3 Å². The van der Waals surface area contributed by atoms with Gasteiger partial charge in [0.15, 0.2) is 0 Å². The number of anilines is 1. The highest BCUT2D eigenvalue weighted by Gasteiger charge is 2.16. The van der Waals surface area contributed by atoms with Crippen LogP contribution in [0.5, 0.6) is 0 Å². The average molecular weight is 244 g/mol. The second-order valence-electron chi connectivity index (χ2n) is 5.05. The molecule has 1 aliphatic heterocycles. The Morgan fingerprint density at radius 2 is 2.11 bits per heavy atom. The fourth-order valence-electron chi connectivity index (χ4n) is 2.57. The summed E-state index contributed by atoms with van der Waals surface area (Å²) in [5.74, 6) is 0.721. The van der Waals surface area contributed by atoms with E-state index in [4.69, 9.17) is 10.00 Å². The largest absolute Gasteiger partial charge is 0.381 e. The standard InChI is InChI=1S/C15H20N2O/c1-12-9-14(10-16)3-4-15(12)17(2)11-13-5-7-18-8-6-13/h3-4,9,13H,5-8,11H2,1-2H3. The zero-order valence-electron chi connectivity index (χ0n) is 11.1. The minimum Gasteiger partial charge on any atom is -0.381 e. The number of nitriles is 1. The quantitative estimate of drug-likeness (QED) is 0.820. The van der Waals surface area contributed by atoms with E-state index in [2.05, 4.69) is 24.9 Å². The van der Waals surface area contributed by atoms with Crippen molar-refractivity contribution in [2.45, 2.75) is 19.8 Å². The van der Waals surface area contributed by atoms with Crippen molar-refractivity contribution in [3.63, 3.8) is 0 Å². The predicted molar refractivity (Wildman–Crippen MR) is 72.7 cm³/mol. The van der Waals surface area contributed by atoms with E-state index in [1.807, 2.05) is 18.2 Å². The summed E-state index contributed by atoms with van der Waals surface area (Å²) < 4.78 is 5.39. The van der Waals surface area contributed by atoms with E-state index in [0.717, 1.165) is 44.1 Å². The number of rotatable bonds is 3. The summed E-state index contributed by atoms with van der Waals surface area (Å²) in [5.41, 5.74) is 3.12. The Hall–Kier alpha value is -1.53. The van der Waals surface area contributed by atoms with Crippen LogP contribution >= 0.6 is 0 Å². The fourth-order valence-corrected chi connectivity index (χ4v) is 2.57.